The molecule has 2 rings (SSSR count). The average Bonchev–Trinajstić information content (AvgIpc) is 2.39. The molecule has 1 aromatic rings. The highest BCUT2D eigenvalue weighted by molar-refractivity contribution is 5.08. The molecular weight excluding hydrogens is 232 g/mol. The summed E-state index contributed by atoms with van der Waals surface area (Å²) in [4.78, 5) is 4.20. The zero-order valence-electron chi connectivity index (χ0n) is 12.6. The number of aryl methyl sites for hydroxylation is 1. The number of aromatic nitrogens is 1. The highest BCUT2D eigenvalue weighted by Crippen LogP contribution is 2.35. The van der Waals surface area contributed by atoms with Crippen LogP contribution in [0.2, 0.25) is 0 Å². The number of nitrogens with one attached hydrogen (secondary N) is 1. The van der Waals surface area contributed by atoms with Gasteiger partial charge in [0.05, 0.1) is 0 Å². The lowest BCUT2D eigenvalue weighted by Gasteiger charge is -2.36. The summed E-state index contributed by atoms with van der Waals surface area (Å²) in [5.74, 6) is 2.63. The van der Waals surface area contributed by atoms with Gasteiger partial charge in [-0.2, -0.15) is 0 Å². The minimum absolute atomic E-state index is 0.658. The first-order valence-corrected chi connectivity index (χ1v) is 7.75. The van der Waals surface area contributed by atoms with Gasteiger partial charge in [-0.05, 0) is 68.5 Å². The van der Waals surface area contributed by atoms with Crippen molar-refractivity contribution >= 4 is 0 Å². The van der Waals surface area contributed by atoms with E-state index in [2.05, 4.69) is 37.3 Å². The maximum absolute atomic E-state index is 4.20. The van der Waals surface area contributed by atoms with Crippen LogP contribution in [-0.4, -0.2) is 18.1 Å². The summed E-state index contributed by atoms with van der Waals surface area (Å²) in [5, 5.41) is 3.56. The summed E-state index contributed by atoms with van der Waals surface area (Å²) in [5.41, 5.74) is 1.36. The lowest BCUT2D eigenvalue weighted by Crippen LogP contribution is -2.38. The molecule has 1 aliphatic carbocycles. The minimum Gasteiger partial charge on any atom is -0.317 e. The molecule has 1 N–H and O–H groups in total. The first-order chi connectivity index (χ1) is 9.19. The summed E-state index contributed by atoms with van der Waals surface area (Å²) in [6.45, 7) is 4.83. The topological polar surface area (TPSA) is 24.9 Å². The molecule has 1 fully saturated rings. The molecule has 106 valence electrons. The van der Waals surface area contributed by atoms with Crippen LogP contribution >= 0.6 is 0 Å². The van der Waals surface area contributed by atoms with E-state index in [1.54, 1.807) is 0 Å². The normalized spacial score (nSPS) is 29.1. The van der Waals surface area contributed by atoms with Crippen molar-refractivity contribution in [2.45, 2.75) is 52.0 Å². The van der Waals surface area contributed by atoms with E-state index in [9.17, 15) is 0 Å². The molecular formula is C17H28N2. The van der Waals surface area contributed by atoms with Gasteiger partial charge in [0, 0.05) is 18.4 Å². The molecule has 1 aromatic heterocycles. The molecule has 2 nitrogen and oxygen atoms in total. The monoisotopic (exact) mass is 260 g/mol. The van der Waals surface area contributed by atoms with Gasteiger partial charge in [-0.25, -0.2) is 0 Å². The second-order valence-electron chi connectivity index (χ2n) is 6.47. The standard InChI is InChI=1S/C17H28N2/c1-13-9-14(2)11-16(10-13)17(18-3)7-6-15-5-4-8-19-12-15/h4-5,8,12-14,16-18H,6-7,9-11H2,1-3H3. The van der Waals surface area contributed by atoms with Gasteiger partial charge in [0.1, 0.15) is 0 Å². The Hall–Kier alpha value is -0.890. The molecule has 0 radical (unpaired) electrons. The number of nitrogens with zero attached hydrogens (tertiary/aromatic N) is 1. The fourth-order valence-corrected chi connectivity index (χ4v) is 3.82. The van der Waals surface area contributed by atoms with Crippen molar-refractivity contribution in [1.82, 2.24) is 10.3 Å². The highest BCUT2D eigenvalue weighted by Gasteiger charge is 2.28. The van der Waals surface area contributed by atoms with Gasteiger partial charge in [0.2, 0.25) is 0 Å². The Balaban J connectivity index is 1.89. The molecule has 3 unspecified atom stereocenters. The van der Waals surface area contributed by atoms with Crippen LogP contribution in [-0.2, 0) is 6.42 Å². The molecule has 0 saturated heterocycles. The predicted molar refractivity (Wildman–Crippen MR) is 81.1 cm³/mol. The van der Waals surface area contributed by atoms with E-state index in [0.717, 1.165) is 24.2 Å². The summed E-state index contributed by atoms with van der Waals surface area (Å²) in [6.07, 6.45) is 10.4. The number of pyridine rings is 1. The highest BCUT2D eigenvalue weighted by atomic mass is 14.9. The Morgan fingerprint density at radius 2 is 2.00 bits per heavy atom. The van der Waals surface area contributed by atoms with Crippen molar-refractivity contribution in [3.05, 3.63) is 30.1 Å². The number of hydrogen-bond donors (Lipinski definition) is 1. The second-order valence-corrected chi connectivity index (χ2v) is 6.47. The average molecular weight is 260 g/mol. The SMILES string of the molecule is CNC(CCc1cccnc1)C1CC(C)CC(C)C1. The molecule has 1 aliphatic rings. The Morgan fingerprint density at radius 1 is 1.26 bits per heavy atom. The molecule has 0 bridgehead atoms. The van der Waals surface area contributed by atoms with E-state index < -0.39 is 0 Å². The Kier molecular flexibility index (Phi) is 5.38. The van der Waals surface area contributed by atoms with Crippen LogP contribution in [0, 0.1) is 17.8 Å². The molecule has 3 atom stereocenters. The first kappa shape index (κ1) is 14.5. The fourth-order valence-electron chi connectivity index (χ4n) is 3.82. The molecule has 19 heavy (non-hydrogen) atoms. The van der Waals surface area contributed by atoms with Crippen LogP contribution in [0.1, 0.15) is 45.1 Å². The van der Waals surface area contributed by atoms with Crippen molar-refractivity contribution in [2.75, 3.05) is 7.05 Å². The predicted octanol–water partition coefficient (Wildman–Crippen LogP) is 3.67. The van der Waals surface area contributed by atoms with E-state index in [4.69, 9.17) is 0 Å². The zero-order valence-corrected chi connectivity index (χ0v) is 12.6. The van der Waals surface area contributed by atoms with E-state index in [0.29, 0.717) is 6.04 Å². The third-order valence-electron chi connectivity index (χ3n) is 4.62. The molecule has 1 heterocycles. The maximum Gasteiger partial charge on any atom is 0.0299 e. The van der Waals surface area contributed by atoms with Crippen molar-refractivity contribution in [2.24, 2.45) is 17.8 Å². The molecule has 0 aliphatic heterocycles. The van der Waals surface area contributed by atoms with E-state index in [1.807, 2.05) is 18.5 Å². The third-order valence-corrected chi connectivity index (χ3v) is 4.62. The molecule has 2 heteroatoms. The smallest absolute Gasteiger partial charge is 0.0299 e. The number of hydrogen-bond acceptors (Lipinski definition) is 2. The van der Waals surface area contributed by atoms with Gasteiger partial charge in [-0.3, -0.25) is 4.98 Å². The molecule has 1 saturated carbocycles. The summed E-state index contributed by atoms with van der Waals surface area (Å²) in [7, 11) is 2.12. The van der Waals surface area contributed by atoms with Crippen LogP contribution < -0.4 is 5.32 Å². The van der Waals surface area contributed by atoms with Gasteiger partial charge in [0.25, 0.3) is 0 Å². The first-order valence-electron chi connectivity index (χ1n) is 7.75. The van der Waals surface area contributed by atoms with Crippen LogP contribution in [0.25, 0.3) is 0 Å². The Labute approximate surface area is 118 Å². The lowest BCUT2D eigenvalue weighted by atomic mass is 9.73. The minimum atomic E-state index is 0.658. The summed E-state index contributed by atoms with van der Waals surface area (Å²) in [6, 6.07) is 4.88. The van der Waals surface area contributed by atoms with E-state index >= 15 is 0 Å². The van der Waals surface area contributed by atoms with Crippen LogP contribution in [0.3, 0.4) is 0 Å². The van der Waals surface area contributed by atoms with Crippen LogP contribution in [0.15, 0.2) is 24.5 Å². The van der Waals surface area contributed by atoms with Crippen molar-refractivity contribution in [3.8, 4) is 0 Å². The van der Waals surface area contributed by atoms with Crippen molar-refractivity contribution in [3.63, 3.8) is 0 Å². The lowest BCUT2D eigenvalue weighted by molar-refractivity contribution is 0.175. The third kappa shape index (κ3) is 4.31. The van der Waals surface area contributed by atoms with Crippen molar-refractivity contribution in [1.29, 1.82) is 0 Å². The number of rotatable bonds is 5. The Morgan fingerprint density at radius 3 is 2.58 bits per heavy atom. The van der Waals surface area contributed by atoms with Gasteiger partial charge < -0.3 is 5.32 Å². The van der Waals surface area contributed by atoms with Gasteiger partial charge in [-0.1, -0.05) is 19.9 Å². The maximum atomic E-state index is 4.20. The van der Waals surface area contributed by atoms with Gasteiger partial charge in [-0.15, -0.1) is 0 Å². The Bertz CT molecular complexity index is 353. The van der Waals surface area contributed by atoms with Crippen molar-refractivity contribution < 1.29 is 0 Å². The fraction of sp³-hybridized carbons (Fsp3) is 0.706. The molecule has 0 aromatic carbocycles. The molecule has 0 spiro atoms. The zero-order chi connectivity index (χ0) is 13.7. The van der Waals surface area contributed by atoms with Crippen LogP contribution in [0.5, 0.6) is 0 Å². The quantitative estimate of drug-likeness (QED) is 0.873. The summed E-state index contributed by atoms with van der Waals surface area (Å²) < 4.78 is 0. The van der Waals surface area contributed by atoms with E-state index in [-0.39, 0.29) is 0 Å². The van der Waals surface area contributed by atoms with Gasteiger partial charge in [0.15, 0.2) is 0 Å². The largest absolute Gasteiger partial charge is 0.317 e. The van der Waals surface area contributed by atoms with Crippen LogP contribution in [0.4, 0.5) is 0 Å². The van der Waals surface area contributed by atoms with Gasteiger partial charge >= 0.3 is 0 Å². The van der Waals surface area contributed by atoms with E-state index in [1.165, 1.54) is 31.2 Å². The second kappa shape index (κ2) is 7.04. The molecule has 0 amide bonds. The summed E-state index contributed by atoms with van der Waals surface area (Å²) >= 11 is 0.